The fourth-order valence-corrected chi connectivity index (χ4v) is 1.72. The Balaban J connectivity index is 3.11. The van der Waals surface area contributed by atoms with E-state index in [1.807, 2.05) is 32.0 Å². The second-order valence-electron chi connectivity index (χ2n) is 3.58. The van der Waals surface area contributed by atoms with Gasteiger partial charge in [0.05, 0.1) is 7.11 Å². The first-order valence-corrected chi connectivity index (χ1v) is 5.50. The molecule has 82 valence electrons. The fourth-order valence-electron chi connectivity index (χ4n) is 1.34. The van der Waals surface area contributed by atoms with Crippen molar-refractivity contribution in [2.45, 2.75) is 20.0 Å². The van der Waals surface area contributed by atoms with Gasteiger partial charge in [0.1, 0.15) is 11.9 Å². The van der Waals surface area contributed by atoms with E-state index in [0.717, 1.165) is 15.6 Å². The van der Waals surface area contributed by atoms with Crippen LogP contribution in [0.3, 0.4) is 0 Å². The molecule has 15 heavy (non-hydrogen) atoms. The molecular formula is C12H15BrO2. The zero-order chi connectivity index (χ0) is 11.4. The number of rotatable bonds is 3. The minimum absolute atomic E-state index is 0.623. The molecule has 0 heterocycles. The maximum absolute atomic E-state index is 9.95. The van der Waals surface area contributed by atoms with Crippen molar-refractivity contribution >= 4 is 15.9 Å². The van der Waals surface area contributed by atoms with Crippen LogP contribution in [0.25, 0.3) is 0 Å². The molecule has 1 atom stereocenters. The number of methoxy groups -OCH3 is 1. The monoisotopic (exact) mass is 270 g/mol. The largest absolute Gasteiger partial charge is 0.496 e. The molecule has 0 saturated carbocycles. The van der Waals surface area contributed by atoms with Gasteiger partial charge in [-0.3, -0.25) is 0 Å². The molecule has 0 aromatic heterocycles. The molecule has 0 radical (unpaired) electrons. The first-order chi connectivity index (χ1) is 7.04. The summed E-state index contributed by atoms with van der Waals surface area (Å²) < 4.78 is 6.12. The van der Waals surface area contributed by atoms with Crippen LogP contribution in [0, 0.1) is 0 Å². The highest BCUT2D eigenvalue weighted by atomic mass is 79.9. The van der Waals surface area contributed by atoms with Gasteiger partial charge in [-0.15, -0.1) is 0 Å². The molecule has 1 N–H and O–H groups in total. The molecule has 1 rings (SSSR count). The van der Waals surface area contributed by atoms with E-state index < -0.39 is 6.10 Å². The van der Waals surface area contributed by atoms with Crippen molar-refractivity contribution in [1.82, 2.24) is 0 Å². The van der Waals surface area contributed by atoms with E-state index >= 15 is 0 Å². The summed E-state index contributed by atoms with van der Waals surface area (Å²) >= 11 is 3.37. The third-order valence-electron chi connectivity index (χ3n) is 2.00. The Morgan fingerprint density at radius 2 is 2.13 bits per heavy atom. The summed E-state index contributed by atoms with van der Waals surface area (Å²) in [6, 6.07) is 5.59. The van der Waals surface area contributed by atoms with Crippen molar-refractivity contribution in [1.29, 1.82) is 0 Å². The summed E-state index contributed by atoms with van der Waals surface area (Å²) in [5.41, 5.74) is 1.85. The molecule has 0 aliphatic heterocycles. The highest BCUT2D eigenvalue weighted by Gasteiger charge is 2.11. The third kappa shape index (κ3) is 3.36. The molecule has 2 nitrogen and oxygen atoms in total. The first-order valence-electron chi connectivity index (χ1n) is 4.71. The van der Waals surface area contributed by atoms with Gasteiger partial charge in [0.25, 0.3) is 0 Å². The van der Waals surface area contributed by atoms with Crippen molar-refractivity contribution in [3.05, 3.63) is 39.9 Å². The van der Waals surface area contributed by atoms with E-state index in [-0.39, 0.29) is 0 Å². The molecular weight excluding hydrogens is 256 g/mol. The van der Waals surface area contributed by atoms with E-state index in [1.54, 1.807) is 13.2 Å². The predicted octanol–water partition coefficient (Wildman–Crippen LogP) is 3.46. The van der Waals surface area contributed by atoms with E-state index in [2.05, 4.69) is 15.9 Å². The minimum atomic E-state index is -0.623. The number of aliphatic hydroxyl groups excluding tert-OH is 1. The van der Waals surface area contributed by atoms with Crippen LogP contribution < -0.4 is 4.74 Å². The molecule has 1 aromatic carbocycles. The first kappa shape index (κ1) is 12.3. The lowest BCUT2D eigenvalue weighted by molar-refractivity contribution is 0.222. The molecule has 1 aromatic rings. The predicted molar refractivity (Wildman–Crippen MR) is 65.1 cm³/mol. The molecule has 0 saturated heterocycles. The lowest BCUT2D eigenvalue weighted by Crippen LogP contribution is -1.98. The van der Waals surface area contributed by atoms with E-state index in [9.17, 15) is 5.11 Å². The normalized spacial score (nSPS) is 12.1. The van der Waals surface area contributed by atoms with Crippen molar-refractivity contribution < 1.29 is 9.84 Å². The number of benzene rings is 1. The third-order valence-corrected chi connectivity index (χ3v) is 2.49. The SMILES string of the molecule is COc1ccc(Br)cc1C(O)C=C(C)C. The van der Waals surface area contributed by atoms with Gasteiger partial charge in [-0.25, -0.2) is 0 Å². The summed E-state index contributed by atoms with van der Waals surface area (Å²) in [4.78, 5) is 0. The Morgan fingerprint density at radius 3 is 2.67 bits per heavy atom. The van der Waals surface area contributed by atoms with Crippen LogP contribution >= 0.6 is 15.9 Å². The number of aliphatic hydroxyl groups is 1. The van der Waals surface area contributed by atoms with Crippen molar-refractivity contribution in [3.63, 3.8) is 0 Å². The van der Waals surface area contributed by atoms with Crippen LogP contribution in [0.4, 0.5) is 0 Å². The number of hydrogen-bond acceptors (Lipinski definition) is 2. The molecule has 0 aliphatic rings. The molecule has 0 aliphatic carbocycles. The van der Waals surface area contributed by atoms with Crippen LogP contribution in [0.15, 0.2) is 34.3 Å². The van der Waals surface area contributed by atoms with Crippen molar-refractivity contribution in [2.75, 3.05) is 7.11 Å². The van der Waals surface area contributed by atoms with Gasteiger partial charge in [-0.1, -0.05) is 27.6 Å². The fraction of sp³-hybridized carbons (Fsp3) is 0.333. The van der Waals surface area contributed by atoms with Crippen molar-refractivity contribution in [2.24, 2.45) is 0 Å². The van der Waals surface area contributed by atoms with E-state index in [4.69, 9.17) is 4.74 Å². The summed E-state index contributed by atoms with van der Waals surface area (Å²) in [5.74, 6) is 0.697. The van der Waals surface area contributed by atoms with Crippen LogP contribution in [-0.2, 0) is 0 Å². The maximum atomic E-state index is 9.95. The van der Waals surface area contributed by atoms with E-state index in [0.29, 0.717) is 5.75 Å². The topological polar surface area (TPSA) is 29.5 Å². The standard InChI is InChI=1S/C12H15BrO2/c1-8(2)6-11(14)10-7-9(13)4-5-12(10)15-3/h4-7,11,14H,1-3H3. The molecule has 0 amide bonds. The van der Waals surface area contributed by atoms with E-state index in [1.165, 1.54) is 0 Å². The number of hydrogen-bond donors (Lipinski definition) is 1. The number of allylic oxidation sites excluding steroid dienone is 1. The van der Waals surface area contributed by atoms with Crippen LogP contribution in [-0.4, -0.2) is 12.2 Å². The highest BCUT2D eigenvalue weighted by Crippen LogP contribution is 2.29. The summed E-state index contributed by atoms with van der Waals surface area (Å²) in [5, 5.41) is 9.95. The molecule has 3 heteroatoms. The van der Waals surface area contributed by atoms with Crippen LogP contribution in [0.1, 0.15) is 25.5 Å². The van der Waals surface area contributed by atoms with Gasteiger partial charge in [0.2, 0.25) is 0 Å². The molecule has 0 spiro atoms. The van der Waals surface area contributed by atoms with Gasteiger partial charge >= 0.3 is 0 Å². The number of ether oxygens (including phenoxy) is 1. The number of halogens is 1. The second kappa shape index (κ2) is 5.33. The van der Waals surface area contributed by atoms with Gasteiger partial charge in [0.15, 0.2) is 0 Å². The average Bonchev–Trinajstić information content (AvgIpc) is 2.16. The Morgan fingerprint density at radius 1 is 1.47 bits per heavy atom. The zero-order valence-corrected chi connectivity index (χ0v) is 10.7. The zero-order valence-electron chi connectivity index (χ0n) is 9.12. The smallest absolute Gasteiger partial charge is 0.125 e. The summed E-state index contributed by atoms with van der Waals surface area (Å²) in [6.45, 7) is 3.90. The lowest BCUT2D eigenvalue weighted by Gasteiger charge is -2.12. The Labute approximate surface area is 98.7 Å². The minimum Gasteiger partial charge on any atom is -0.496 e. The van der Waals surface area contributed by atoms with Crippen LogP contribution in [0.5, 0.6) is 5.75 Å². The van der Waals surface area contributed by atoms with Gasteiger partial charge < -0.3 is 9.84 Å². The second-order valence-corrected chi connectivity index (χ2v) is 4.49. The van der Waals surface area contributed by atoms with Crippen LogP contribution in [0.2, 0.25) is 0 Å². The molecule has 1 unspecified atom stereocenters. The summed E-state index contributed by atoms with van der Waals surface area (Å²) in [6.07, 6.45) is 1.17. The van der Waals surface area contributed by atoms with Gasteiger partial charge in [-0.2, -0.15) is 0 Å². The van der Waals surface area contributed by atoms with Crippen molar-refractivity contribution in [3.8, 4) is 5.75 Å². The summed E-state index contributed by atoms with van der Waals surface area (Å²) in [7, 11) is 1.60. The molecule has 0 bridgehead atoms. The Kier molecular flexibility index (Phi) is 4.36. The quantitative estimate of drug-likeness (QED) is 0.853. The van der Waals surface area contributed by atoms with Gasteiger partial charge in [0, 0.05) is 10.0 Å². The van der Waals surface area contributed by atoms with Gasteiger partial charge in [-0.05, 0) is 32.0 Å². The highest BCUT2D eigenvalue weighted by molar-refractivity contribution is 9.10. The average molecular weight is 271 g/mol. The Hall–Kier alpha value is -0.800. The maximum Gasteiger partial charge on any atom is 0.125 e. The molecule has 0 fully saturated rings. The Bertz CT molecular complexity index is 368. The lowest BCUT2D eigenvalue weighted by atomic mass is 10.1.